The number of aromatic amines is 8. The molecule has 2 aliphatic carbocycles. The van der Waals surface area contributed by atoms with Gasteiger partial charge in [0.1, 0.15) is 46.0 Å². The molecule has 0 saturated heterocycles. The first-order chi connectivity index (χ1) is 73.4. The highest BCUT2D eigenvalue weighted by Gasteiger charge is 2.31. The van der Waals surface area contributed by atoms with Crippen LogP contribution in [0.15, 0.2) is 316 Å². The van der Waals surface area contributed by atoms with Crippen LogP contribution in [0, 0.1) is 35.1 Å². The molecule has 26 rings (SSSR count). The number of nitrogens with one attached hydrogen (secondary N) is 12. The number of carbonyl (C=O) groups excluding carboxylic acids is 4. The van der Waals surface area contributed by atoms with Crippen molar-refractivity contribution in [1.29, 1.82) is 0 Å². The van der Waals surface area contributed by atoms with E-state index in [1.54, 1.807) is 98.1 Å². The number of benzene rings is 12. The maximum atomic E-state index is 13.5. The number of pyridine rings is 4. The predicted octanol–water partition coefficient (Wildman–Crippen LogP) is 26.9. The molecule has 150 heavy (non-hydrogen) atoms. The van der Waals surface area contributed by atoms with Crippen molar-refractivity contribution in [3.05, 3.63) is 340 Å². The molecule has 24 aromatic rings. The summed E-state index contributed by atoms with van der Waals surface area (Å²) in [6.07, 6.45) is 22.2. The molecule has 12 aromatic heterocycles. The molecule has 4 amide bonds. The van der Waals surface area contributed by atoms with Crippen LogP contribution in [0.1, 0.15) is 78.1 Å². The number of amides is 4. The van der Waals surface area contributed by atoms with Crippen LogP contribution in [-0.2, 0) is 19.2 Å². The quantitative estimate of drug-likeness (QED) is 0.0265. The molecule has 0 bridgehead atoms. The summed E-state index contributed by atoms with van der Waals surface area (Å²) in [5, 5.41) is 46.0. The van der Waals surface area contributed by atoms with Crippen molar-refractivity contribution in [2.75, 3.05) is 21.3 Å². The molecule has 0 aliphatic heterocycles. The maximum absolute atomic E-state index is 13.5. The number of aromatic nitrogens is 20. The minimum absolute atomic E-state index is 0.0109. The monoisotopic (exact) mass is 1980 g/mol. The first-order valence-electron chi connectivity index (χ1n) is 49.4. The Morgan fingerprint density at radius 2 is 0.547 bits per heavy atom. The zero-order valence-electron chi connectivity index (χ0n) is 80.8. The molecule has 32 heteroatoms. The fourth-order valence-corrected chi connectivity index (χ4v) is 18.7. The van der Waals surface area contributed by atoms with Crippen LogP contribution < -0.4 is 21.3 Å². The Kier molecular flexibility index (Phi) is 25.8. The second-order valence-corrected chi connectivity index (χ2v) is 37.2. The number of hydrogen-bond donors (Lipinski definition) is 12. The third kappa shape index (κ3) is 19.9. The molecule has 0 unspecified atom stereocenters. The lowest BCUT2D eigenvalue weighted by Crippen LogP contribution is -2.28. The van der Waals surface area contributed by atoms with E-state index in [9.17, 15) is 36.7 Å². The molecular formula is C118H92F4N24O4. The molecule has 12 aromatic carbocycles. The number of hydrogen-bond acceptors (Lipinski definition) is 16. The van der Waals surface area contributed by atoms with Crippen LogP contribution in [0.5, 0.6) is 0 Å². The molecule has 2 saturated carbocycles. The van der Waals surface area contributed by atoms with Gasteiger partial charge >= 0.3 is 0 Å². The molecule has 2 fully saturated rings. The summed E-state index contributed by atoms with van der Waals surface area (Å²) < 4.78 is 53.9. The van der Waals surface area contributed by atoms with Gasteiger partial charge in [0.25, 0.3) is 0 Å². The average Bonchev–Trinajstić information content (AvgIpc) is 1.62. The number of unbranched alkanes of at least 4 members (excludes halogenated alkanes) is 1. The number of anilines is 4. The molecule has 736 valence electrons. The Bertz CT molecular complexity index is 9260. The van der Waals surface area contributed by atoms with Gasteiger partial charge in [-0.25, -0.2) is 37.5 Å². The second-order valence-electron chi connectivity index (χ2n) is 37.2. The molecule has 0 atom stereocenters. The highest BCUT2D eigenvalue weighted by atomic mass is 19.1. The highest BCUT2D eigenvalue weighted by Crippen LogP contribution is 2.43. The van der Waals surface area contributed by atoms with Crippen molar-refractivity contribution < 1.29 is 36.7 Å². The van der Waals surface area contributed by atoms with Crippen LogP contribution in [0.3, 0.4) is 0 Å². The minimum Gasteiger partial charge on any atom is -0.337 e. The third-order valence-electron chi connectivity index (χ3n) is 26.9. The van der Waals surface area contributed by atoms with Gasteiger partial charge in [0.2, 0.25) is 23.6 Å². The van der Waals surface area contributed by atoms with Gasteiger partial charge in [-0.05, 0) is 229 Å². The Labute approximate surface area is 852 Å². The van der Waals surface area contributed by atoms with Crippen molar-refractivity contribution >= 4 is 134 Å². The Balaban J connectivity index is 0.000000110. The van der Waals surface area contributed by atoms with E-state index in [4.69, 9.17) is 19.9 Å². The molecule has 28 nitrogen and oxygen atoms in total. The highest BCUT2D eigenvalue weighted by molar-refractivity contribution is 6.06. The average molecular weight is 1990 g/mol. The molecule has 0 radical (unpaired) electrons. The lowest BCUT2D eigenvalue weighted by atomic mass is 9.85. The van der Waals surface area contributed by atoms with Gasteiger partial charge in [-0.1, -0.05) is 148 Å². The van der Waals surface area contributed by atoms with Crippen molar-refractivity contribution in [3.8, 4) is 135 Å². The van der Waals surface area contributed by atoms with Gasteiger partial charge in [-0.3, -0.25) is 59.5 Å². The SMILES string of the molecule is CCCC(=O)Nc1cncc(-c2ccc3[nH]nc(-c4nc5c(-c6ccc(F)cc6)cccc5[nH]4)c3c2)c1.CCCCC(=O)Nc1cncc(-c2ccc3[nH]nc(-c4nc5c(-c6ccc(F)cc6)cccc5[nH]4)c3c2)c1.O=C(Nc1cncc(-c2ccc3[nH]nc(-c4nc5c(-c6ccc(F)cc6)cccc5[nH]4)c3c2)c1)C1CC1.O=C(Nc1cncc(-c2ccc3[nH]nc(-c4nc5c(-c6ccc(F)cc6)cccc5[nH]4)c3c2)c1)C1CCC1. The normalized spacial score (nSPS) is 12.4. The number of para-hydroxylation sites is 4. The van der Waals surface area contributed by atoms with Gasteiger partial charge in [0.05, 0.1) is 114 Å². The van der Waals surface area contributed by atoms with Crippen molar-refractivity contribution in [2.45, 2.75) is 78.1 Å². The van der Waals surface area contributed by atoms with Gasteiger partial charge in [-0.2, -0.15) is 20.4 Å². The standard InChI is InChI=1S/C30H23FN6O.C30H25FN6O.C29H21FN6O.C29H23FN6O/c31-21-10-7-17(8-11-21)23-5-2-6-26-27(23)35-29(34-26)28-24-14-19(9-12-25(24)36-37-28)20-13-22(16-32-15-20)33-30(38)18-3-1-4-18;1-2-3-7-27(38)33-22-14-20(16-32-17-22)19-10-13-25-24(15-19)29(37-36-25)30-34-26-6-4-5-23(28(26)35-30)18-8-11-21(31)12-9-18;30-20-9-6-16(7-10-20)22-2-1-3-25-26(22)34-28(33-25)27-23-13-18(8-11-24(23)35-36-27)19-12-21(15-31-14-19)32-29(37)17-4-5-17;1-2-4-26(37)32-21-13-19(15-31-16-21)18-9-12-24-23(14-18)28(36-35-24)29-33-25-6-3-5-22(27(25)34-29)17-7-10-20(30)11-8-17/h2,5-16,18H,1,3-4H2,(H,33,38)(H,34,35)(H,36,37);4-6,8-17H,2-3,7H2,1H3,(H,33,38)(H,34,35)(H,36,37);1-3,6-15,17H,4-5H2,(H,32,37)(H,33,34)(H,35,36);3,5-16H,2,4H2,1H3,(H,32,37)(H,33,34)(H,35,36). The number of carbonyl (C=O) groups is 4. The van der Waals surface area contributed by atoms with E-state index in [1.165, 1.54) is 48.5 Å². The number of fused-ring (bicyclic) bond motifs is 8. The number of halogens is 4. The Morgan fingerprint density at radius 1 is 0.280 bits per heavy atom. The van der Waals surface area contributed by atoms with Gasteiger partial charge in [-0.15, -0.1) is 0 Å². The Morgan fingerprint density at radius 3 is 0.807 bits per heavy atom. The van der Waals surface area contributed by atoms with Crippen LogP contribution in [0.4, 0.5) is 40.3 Å². The van der Waals surface area contributed by atoms with Crippen molar-refractivity contribution in [3.63, 3.8) is 0 Å². The summed E-state index contributed by atoms with van der Waals surface area (Å²) in [4.78, 5) is 99.3. The molecule has 2 aliphatic rings. The molecule has 12 N–H and O–H groups in total. The minimum atomic E-state index is -0.276. The number of imidazole rings is 4. The zero-order chi connectivity index (χ0) is 102. The largest absolute Gasteiger partial charge is 0.337 e. The predicted molar refractivity (Wildman–Crippen MR) is 578 cm³/mol. The van der Waals surface area contributed by atoms with Gasteiger partial charge < -0.3 is 41.2 Å². The van der Waals surface area contributed by atoms with E-state index in [0.717, 1.165) is 228 Å². The van der Waals surface area contributed by atoms with Crippen LogP contribution in [0.25, 0.3) is 223 Å². The smallest absolute Gasteiger partial charge is 0.227 e. The van der Waals surface area contributed by atoms with Crippen LogP contribution in [-0.4, -0.2) is 124 Å². The first kappa shape index (κ1) is 94.2. The first-order valence-corrected chi connectivity index (χ1v) is 49.4. The van der Waals surface area contributed by atoms with E-state index in [1.807, 2.05) is 171 Å². The number of H-pyrrole nitrogens is 8. The maximum Gasteiger partial charge on any atom is 0.227 e. The second kappa shape index (κ2) is 41.0. The van der Waals surface area contributed by atoms with Crippen molar-refractivity contribution in [2.24, 2.45) is 11.8 Å². The lowest BCUT2D eigenvalue weighted by molar-refractivity contribution is -0.122. The number of nitrogens with zero attached hydrogens (tertiary/aromatic N) is 12. The molecular weight excluding hydrogens is 1890 g/mol. The van der Waals surface area contributed by atoms with Crippen molar-refractivity contribution in [1.82, 2.24) is 101 Å². The van der Waals surface area contributed by atoms with E-state index in [-0.39, 0.29) is 58.7 Å². The summed E-state index contributed by atoms with van der Waals surface area (Å²) in [6.45, 7) is 4.03. The summed E-state index contributed by atoms with van der Waals surface area (Å²) in [6, 6.07) is 81.0. The van der Waals surface area contributed by atoms with E-state index in [2.05, 4.69) is 115 Å². The summed E-state index contributed by atoms with van der Waals surface area (Å²) in [5.74, 6) is 1.74. The van der Waals surface area contributed by atoms with Crippen LogP contribution in [0.2, 0.25) is 0 Å². The fraction of sp³-hybridized carbons (Fsp3) is 0.119. The van der Waals surface area contributed by atoms with E-state index >= 15 is 0 Å². The third-order valence-corrected chi connectivity index (χ3v) is 26.9. The summed E-state index contributed by atoms with van der Waals surface area (Å²) >= 11 is 0. The van der Waals surface area contributed by atoms with Gasteiger partial charge in [0, 0.05) is 116 Å². The van der Waals surface area contributed by atoms with Crippen LogP contribution >= 0.6 is 0 Å². The number of rotatable bonds is 23. The topological polar surface area (TPSA) is 397 Å². The van der Waals surface area contributed by atoms with Gasteiger partial charge in [0.15, 0.2) is 23.3 Å². The molecule has 0 spiro atoms. The summed E-state index contributed by atoms with van der Waals surface area (Å²) in [5.41, 5.74) is 30.2. The van der Waals surface area contributed by atoms with E-state index < -0.39 is 0 Å². The molecule has 12 heterocycles. The summed E-state index contributed by atoms with van der Waals surface area (Å²) in [7, 11) is 0. The lowest BCUT2D eigenvalue weighted by Gasteiger charge is -2.24. The fourth-order valence-electron chi connectivity index (χ4n) is 18.7. The van der Waals surface area contributed by atoms with E-state index in [0.29, 0.717) is 81.7 Å². The zero-order valence-corrected chi connectivity index (χ0v) is 80.8. The Hall–Kier alpha value is -19.4.